The molecule has 1 heterocycles. The Balaban J connectivity index is 2.47. The molecule has 0 aromatic heterocycles. The Labute approximate surface area is 102 Å². The summed E-state index contributed by atoms with van der Waals surface area (Å²) in [5.41, 5.74) is 9.87. The zero-order valence-electron chi connectivity index (χ0n) is 10.3. The number of nitrogens with two attached hydrogens (primary N) is 1. The molecule has 0 bridgehead atoms. The largest absolute Gasteiger partial charge is 0.368 e. The minimum Gasteiger partial charge on any atom is -0.368 e. The van der Waals surface area contributed by atoms with E-state index in [0.29, 0.717) is 5.25 Å². The third-order valence-electron chi connectivity index (χ3n) is 3.04. The van der Waals surface area contributed by atoms with Crippen LogP contribution in [-0.2, 0) is 0 Å². The Morgan fingerprint density at radius 2 is 2.06 bits per heavy atom. The van der Waals surface area contributed by atoms with E-state index < -0.39 is 0 Å². The van der Waals surface area contributed by atoms with E-state index in [0.717, 1.165) is 19.6 Å². The standard InChI is InChI=1S/C13H20N2S/c1-9-4-5-10(2)13-12(9)15(7-6-14)8-11(3)16-13/h4-5,11H,6-8,14H2,1-3H3. The highest BCUT2D eigenvalue weighted by Gasteiger charge is 2.24. The van der Waals surface area contributed by atoms with Gasteiger partial charge in [0.15, 0.2) is 0 Å². The van der Waals surface area contributed by atoms with E-state index in [1.165, 1.54) is 21.7 Å². The molecule has 16 heavy (non-hydrogen) atoms. The summed E-state index contributed by atoms with van der Waals surface area (Å²) >= 11 is 2.00. The van der Waals surface area contributed by atoms with Crippen LogP contribution in [0.3, 0.4) is 0 Å². The lowest BCUT2D eigenvalue weighted by atomic mass is 10.1. The molecule has 1 unspecified atom stereocenters. The highest BCUT2D eigenvalue weighted by molar-refractivity contribution is 8.00. The molecule has 2 nitrogen and oxygen atoms in total. The first-order valence-electron chi connectivity index (χ1n) is 5.85. The maximum Gasteiger partial charge on any atom is 0.0537 e. The van der Waals surface area contributed by atoms with Gasteiger partial charge in [0, 0.05) is 29.8 Å². The average molecular weight is 236 g/mol. The number of fused-ring (bicyclic) bond motifs is 1. The molecule has 1 atom stereocenters. The van der Waals surface area contributed by atoms with Gasteiger partial charge in [-0.1, -0.05) is 19.1 Å². The van der Waals surface area contributed by atoms with Gasteiger partial charge in [-0.25, -0.2) is 0 Å². The van der Waals surface area contributed by atoms with Crippen LogP contribution in [-0.4, -0.2) is 24.9 Å². The molecular weight excluding hydrogens is 216 g/mol. The van der Waals surface area contributed by atoms with E-state index >= 15 is 0 Å². The summed E-state index contributed by atoms with van der Waals surface area (Å²) in [6, 6.07) is 4.44. The zero-order chi connectivity index (χ0) is 11.7. The summed E-state index contributed by atoms with van der Waals surface area (Å²) in [7, 11) is 0. The van der Waals surface area contributed by atoms with Crippen molar-refractivity contribution in [3.05, 3.63) is 23.3 Å². The second-order valence-corrected chi connectivity index (χ2v) is 5.99. The van der Waals surface area contributed by atoms with Gasteiger partial charge in [0.05, 0.1) is 5.69 Å². The van der Waals surface area contributed by atoms with Gasteiger partial charge in [0.25, 0.3) is 0 Å². The summed E-state index contributed by atoms with van der Waals surface area (Å²) in [4.78, 5) is 3.89. The van der Waals surface area contributed by atoms with Crippen molar-refractivity contribution in [1.82, 2.24) is 0 Å². The predicted molar refractivity (Wildman–Crippen MR) is 72.5 cm³/mol. The first kappa shape index (κ1) is 11.8. The SMILES string of the molecule is Cc1ccc(C)c2c1SC(C)CN2CCN. The van der Waals surface area contributed by atoms with E-state index in [4.69, 9.17) is 5.73 Å². The van der Waals surface area contributed by atoms with Crippen molar-refractivity contribution in [2.24, 2.45) is 5.73 Å². The van der Waals surface area contributed by atoms with Crippen LogP contribution < -0.4 is 10.6 Å². The normalized spacial score (nSPS) is 19.8. The topological polar surface area (TPSA) is 29.3 Å². The molecule has 2 rings (SSSR count). The van der Waals surface area contributed by atoms with Gasteiger partial charge in [-0.05, 0) is 25.0 Å². The average Bonchev–Trinajstić information content (AvgIpc) is 2.23. The van der Waals surface area contributed by atoms with Crippen LogP contribution in [0.1, 0.15) is 18.1 Å². The van der Waals surface area contributed by atoms with Gasteiger partial charge in [0.2, 0.25) is 0 Å². The molecule has 1 aromatic carbocycles. The maximum atomic E-state index is 5.70. The number of hydrogen-bond acceptors (Lipinski definition) is 3. The van der Waals surface area contributed by atoms with E-state index in [1.807, 2.05) is 11.8 Å². The number of rotatable bonds is 2. The van der Waals surface area contributed by atoms with Crippen molar-refractivity contribution in [2.75, 3.05) is 24.5 Å². The summed E-state index contributed by atoms with van der Waals surface area (Å²) < 4.78 is 0. The Bertz CT molecular complexity index is 390. The Kier molecular flexibility index (Phi) is 3.45. The van der Waals surface area contributed by atoms with Crippen molar-refractivity contribution in [3.63, 3.8) is 0 Å². The second kappa shape index (κ2) is 4.68. The van der Waals surface area contributed by atoms with Crippen LogP contribution >= 0.6 is 11.8 Å². The van der Waals surface area contributed by atoms with E-state index in [2.05, 4.69) is 37.8 Å². The Morgan fingerprint density at radius 3 is 2.75 bits per heavy atom. The number of anilines is 1. The molecule has 0 saturated carbocycles. The van der Waals surface area contributed by atoms with Crippen molar-refractivity contribution in [2.45, 2.75) is 30.9 Å². The molecule has 0 aliphatic carbocycles. The number of thioether (sulfide) groups is 1. The summed E-state index contributed by atoms with van der Waals surface area (Å²) in [6.07, 6.45) is 0. The van der Waals surface area contributed by atoms with Gasteiger partial charge in [-0.2, -0.15) is 0 Å². The molecular formula is C13H20N2S. The molecule has 1 aliphatic heterocycles. The molecule has 0 amide bonds. The lowest BCUT2D eigenvalue weighted by molar-refractivity contribution is 0.748. The minimum atomic E-state index is 0.652. The van der Waals surface area contributed by atoms with Gasteiger partial charge in [-0.3, -0.25) is 0 Å². The van der Waals surface area contributed by atoms with Crippen molar-refractivity contribution < 1.29 is 0 Å². The maximum absolute atomic E-state index is 5.70. The Hall–Kier alpha value is -0.670. The highest BCUT2D eigenvalue weighted by Crippen LogP contribution is 2.42. The van der Waals surface area contributed by atoms with Crippen LogP contribution in [0.4, 0.5) is 5.69 Å². The molecule has 88 valence electrons. The lowest BCUT2D eigenvalue weighted by Crippen LogP contribution is -2.37. The third kappa shape index (κ3) is 2.06. The van der Waals surface area contributed by atoms with Crippen LogP contribution in [0.5, 0.6) is 0 Å². The molecule has 0 radical (unpaired) electrons. The van der Waals surface area contributed by atoms with Crippen molar-refractivity contribution in [1.29, 1.82) is 0 Å². The first-order valence-corrected chi connectivity index (χ1v) is 6.73. The van der Waals surface area contributed by atoms with E-state index in [9.17, 15) is 0 Å². The fourth-order valence-corrected chi connectivity index (χ4v) is 3.62. The fraction of sp³-hybridized carbons (Fsp3) is 0.538. The van der Waals surface area contributed by atoms with Crippen LogP contribution in [0.15, 0.2) is 17.0 Å². The second-order valence-electron chi connectivity index (χ2n) is 4.54. The van der Waals surface area contributed by atoms with Crippen LogP contribution in [0, 0.1) is 13.8 Å². The third-order valence-corrected chi connectivity index (χ3v) is 4.34. The monoisotopic (exact) mass is 236 g/mol. The number of aryl methyl sites for hydroxylation is 2. The van der Waals surface area contributed by atoms with E-state index in [-0.39, 0.29) is 0 Å². The van der Waals surface area contributed by atoms with Crippen LogP contribution in [0.2, 0.25) is 0 Å². The molecule has 3 heteroatoms. The van der Waals surface area contributed by atoms with Crippen LogP contribution in [0.25, 0.3) is 0 Å². The summed E-state index contributed by atoms with van der Waals surface area (Å²) in [5, 5.41) is 0.652. The van der Waals surface area contributed by atoms with Crippen molar-refractivity contribution >= 4 is 17.4 Å². The Morgan fingerprint density at radius 1 is 1.38 bits per heavy atom. The van der Waals surface area contributed by atoms with Gasteiger partial charge in [-0.15, -0.1) is 11.8 Å². The quantitative estimate of drug-likeness (QED) is 0.855. The van der Waals surface area contributed by atoms with Gasteiger partial charge >= 0.3 is 0 Å². The molecule has 1 aromatic rings. The zero-order valence-corrected chi connectivity index (χ0v) is 11.1. The molecule has 0 fully saturated rings. The number of nitrogens with zero attached hydrogens (tertiary/aromatic N) is 1. The first-order chi connectivity index (χ1) is 7.63. The number of hydrogen-bond donors (Lipinski definition) is 1. The molecule has 2 N–H and O–H groups in total. The van der Waals surface area contributed by atoms with Gasteiger partial charge < -0.3 is 10.6 Å². The molecule has 0 saturated heterocycles. The molecule has 0 spiro atoms. The summed E-state index contributed by atoms with van der Waals surface area (Å²) in [6.45, 7) is 9.48. The highest BCUT2D eigenvalue weighted by atomic mass is 32.2. The number of benzene rings is 1. The minimum absolute atomic E-state index is 0.652. The van der Waals surface area contributed by atoms with Crippen molar-refractivity contribution in [3.8, 4) is 0 Å². The summed E-state index contributed by atoms with van der Waals surface area (Å²) in [5.74, 6) is 0. The lowest BCUT2D eigenvalue weighted by Gasteiger charge is -2.36. The van der Waals surface area contributed by atoms with E-state index in [1.54, 1.807) is 0 Å². The predicted octanol–water partition coefficient (Wildman–Crippen LogP) is 2.56. The molecule has 1 aliphatic rings. The van der Waals surface area contributed by atoms with Gasteiger partial charge in [0.1, 0.15) is 0 Å². The smallest absolute Gasteiger partial charge is 0.0537 e. The fourth-order valence-electron chi connectivity index (χ4n) is 2.31.